The summed E-state index contributed by atoms with van der Waals surface area (Å²) in [6.07, 6.45) is 2.15. The third kappa shape index (κ3) is 2.13. The van der Waals surface area contributed by atoms with Crippen molar-refractivity contribution in [2.75, 3.05) is 0 Å². The summed E-state index contributed by atoms with van der Waals surface area (Å²) in [5.41, 5.74) is 5.21. The van der Waals surface area contributed by atoms with Gasteiger partial charge in [-0.1, -0.05) is 23.7 Å². The van der Waals surface area contributed by atoms with E-state index in [0.29, 0.717) is 0 Å². The largest absolute Gasteiger partial charge is 0.310 e. The Kier molecular flexibility index (Phi) is 3.14. The Balaban J connectivity index is 1.87. The highest BCUT2D eigenvalue weighted by Gasteiger charge is 2.24. The molecule has 0 radical (unpaired) electrons. The fourth-order valence-electron chi connectivity index (χ4n) is 2.97. The van der Waals surface area contributed by atoms with Crippen LogP contribution in [0.15, 0.2) is 48.0 Å². The van der Waals surface area contributed by atoms with Crippen LogP contribution in [-0.2, 0) is 6.54 Å². The van der Waals surface area contributed by atoms with Crippen LogP contribution >= 0.6 is 22.9 Å². The summed E-state index contributed by atoms with van der Waals surface area (Å²) >= 11 is 7.98. The number of thiophene rings is 1. The van der Waals surface area contributed by atoms with Gasteiger partial charge in [-0.05, 0) is 47.7 Å². The molecule has 2 nitrogen and oxygen atoms in total. The molecule has 0 aliphatic carbocycles. The van der Waals surface area contributed by atoms with E-state index >= 15 is 0 Å². The molecule has 0 amide bonds. The molecule has 0 saturated heterocycles. The molecule has 1 aliphatic rings. The lowest BCUT2D eigenvalue weighted by Gasteiger charge is -2.18. The molecule has 0 saturated carbocycles. The number of aromatic nitrogens is 1. The second-order valence-corrected chi connectivity index (χ2v) is 6.67. The predicted octanol–water partition coefficient (Wildman–Crippen LogP) is 4.69. The van der Waals surface area contributed by atoms with Crippen molar-refractivity contribution in [3.05, 3.63) is 75.4 Å². The maximum absolute atomic E-state index is 6.17. The first-order valence-electron chi connectivity index (χ1n) is 6.97. The van der Waals surface area contributed by atoms with Gasteiger partial charge in [0.25, 0.3) is 0 Å². The Morgan fingerprint density at radius 3 is 3.05 bits per heavy atom. The van der Waals surface area contributed by atoms with Crippen LogP contribution in [0.2, 0.25) is 5.02 Å². The van der Waals surface area contributed by atoms with Gasteiger partial charge in [-0.3, -0.25) is 0 Å². The zero-order valence-electron chi connectivity index (χ0n) is 11.6. The summed E-state index contributed by atoms with van der Waals surface area (Å²) in [5, 5.41) is 8.01. The minimum Gasteiger partial charge on any atom is -0.310 e. The summed E-state index contributed by atoms with van der Waals surface area (Å²) in [4.78, 5) is 0. The average molecular weight is 315 g/mol. The maximum atomic E-state index is 6.17. The fourth-order valence-corrected chi connectivity index (χ4v) is 4.25. The van der Waals surface area contributed by atoms with E-state index in [2.05, 4.69) is 46.6 Å². The van der Waals surface area contributed by atoms with E-state index in [1.165, 1.54) is 27.4 Å². The van der Waals surface area contributed by atoms with Gasteiger partial charge >= 0.3 is 0 Å². The van der Waals surface area contributed by atoms with E-state index in [9.17, 15) is 0 Å². The molecule has 3 heterocycles. The van der Waals surface area contributed by atoms with Gasteiger partial charge in [-0.25, -0.2) is 0 Å². The van der Waals surface area contributed by atoms with Gasteiger partial charge in [0.15, 0.2) is 0 Å². The van der Waals surface area contributed by atoms with Crippen LogP contribution < -0.4 is 5.32 Å². The SMILES string of the molecule is Cc1csc2c1CNC(c1cccc(Cl)c1)c1cccn1-2. The molecule has 21 heavy (non-hydrogen) atoms. The lowest BCUT2D eigenvalue weighted by molar-refractivity contribution is 0.600. The first-order chi connectivity index (χ1) is 10.2. The zero-order chi connectivity index (χ0) is 14.4. The number of hydrogen-bond acceptors (Lipinski definition) is 2. The molecule has 1 unspecified atom stereocenters. The Hall–Kier alpha value is -1.55. The number of halogens is 1. The normalized spacial score (nSPS) is 17.1. The van der Waals surface area contributed by atoms with Crippen molar-refractivity contribution < 1.29 is 0 Å². The standard InChI is InChI=1S/C17H15ClN2S/c1-11-10-21-17-14(11)9-19-16(15-6-3-7-20(15)17)12-4-2-5-13(18)8-12/h2-8,10,16,19H,9H2,1H3. The smallest absolute Gasteiger partial charge is 0.104 e. The monoisotopic (exact) mass is 314 g/mol. The van der Waals surface area contributed by atoms with Crippen molar-refractivity contribution in [3.8, 4) is 5.00 Å². The van der Waals surface area contributed by atoms with Crippen molar-refractivity contribution in [1.29, 1.82) is 0 Å². The molecule has 3 aromatic rings. The summed E-state index contributed by atoms with van der Waals surface area (Å²) in [6, 6.07) is 12.6. The summed E-state index contributed by atoms with van der Waals surface area (Å²) in [6.45, 7) is 3.06. The number of rotatable bonds is 1. The lowest BCUT2D eigenvalue weighted by Crippen LogP contribution is -2.21. The Morgan fingerprint density at radius 2 is 2.19 bits per heavy atom. The molecule has 2 aromatic heterocycles. The highest BCUT2D eigenvalue weighted by atomic mass is 35.5. The number of benzene rings is 1. The van der Waals surface area contributed by atoms with Gasteiger partial charge in [-0.2, -0.15) is 0 Å². The Morgan fingerprint density at radius 1 is 1.29 bits per heavy atom. The fraction of sp³-hybridized carbons (Fsp3) is 0.176. The molecule has 1 N–H and O–H groups in total. The second kappa shape index (κ2) is 5.02. The van der Waals surface area contributed by atoms with Crippen molar-refractivity contribution in [2.45, 2.75) is 19.5 Å². The second-order valence-electron chi connectivity index (χ2n) is 5.37. The van der Waals surface area contributed by atoms with Gasteiger partial charge in [0.05, 0.1) is 6.04 Å². The van der Waals surface area contributed by atoms with Crippen molar-refractivity contribution >= 4 is 22.9 Å². The quantitative estimate of drug-likeness (QED) is 0.689. The van der Waals surface area contributed by atoms with Crippen molar-refractivity contribution in [1.82, 2.24) is 9.88 Å². The Labute approximate surface area is 133 Å². The van der Waals surface area contributed by atoms with Crippen LogP contribution in [-0.4, -0.2) is 4.57 Å². The van der Waals surface area contributed by atoms with Crippen LogP contribution in [0, 0.1) is 6.92 Å². The number of nitrogens with one attached hydrogen (secondary N) is 1. The molecule has 4 rings (SSSR count). The topological polar surface area (TPSA) is 17.0 Å². The third-order valence-electron chi connectivity index (χ3n) is 4.04. The molecule has 1 aliphatic heterocycles. The first kappa shape index (κ1) is 13.1. The number of hydrogen-bond donors (Lipinski definition) is 1. The molecule has 0 spiro atoms. The average Bonchev–Trinajstić information content (AvgIpc) is 3.04. The zero-order valence-corrected chi connectivity index (χ0v) is 13.2. The van der Waals surface area contributed by atoms with Gasteiger partial charge in [0.2, 0.25) is 0 Å². The summed E-state index contributed by atoms with van der Waals surface area (Å²) < 4.78 is 2.30. The van der Waals surface area contributed by atoms with E-state index in [1.54, 1.807) is 0 Å². The van der Waals surface area contributed by atoms with Gasteiger partial charge in [0, 0.05) is 29.0 Å². The predicted molar refractivity (Wildman–Crippen MR) is 88.5 cm³/mol. The van der Waals surface area contributed by atoms with Crippen LogP contribution in [0.5, 0.6) is 0 Å². The number of nitrogens with zero attached hydrogens (tertiary/aromatic N) is 1. The molecule has 4 heteroatoms. The number of aryl methyl sites for hydroxylation is 1. The van der Waals surface area contributed by atoms with Gasteiger partial charge in [-0.15, -0.1) is 11.3 Å². The maximum Gasteiger partial charge on any atom is 0.104 e. The first-order valence-corrected chi connectivity index (χ1v) is 8.23. The van der Waals surface area contributed by atoms with Gasteiger partial charge in [0.1, 0.15) is 5.00 Å². The van der Waals surface area contributed by atoms with Crippen molar-refractivity contribution in [3.63, 3.8) is 0 Å². The van der Waals surface area contributed by atoms with E-state index in [-0.39, 0.29) is 6.04 Å². The minimum atomic E-state index is 0.165. The summed E-state index contributed by atoms with van der Waals surface area (Å²) in [5.74, 6) is 0. The van der Waals surface area contributed by atoms with E-state index < -0.39 is 0 Å². The van der Waals surface area contributed by atoms with E-state index in [4.69, 9.17) is 11.6 Å². The third-order valence-corrected chi connectivity index (χ3v) is 5.41. The minimum absolute atomic E-state index is 0.165. The molecular formula is C17H15ClN2S. The lowest BCUT2D eigenvalue weighted by atomic mass is 10.0. The van der Waals surface area contributed by atoms with Gasteiger partial charge < -0.3 is 9.88 Å². The Bertz CT molecular complexity index is 803. The molecule has 1 atom stereocenters. The van der Waals surface area contributed by atoms with Crippen LogP contribution in [0.4, 0.5) is 0 Å². The molecule has 0 fully saturated rings. The van der Waals surface area contributed by atoms with E-state index in [0.717, 1.165) is 11.6 Å². The number of fused-ring (bicyclic) bond motifs is 3. The molecular weight excluding hydrogens is 300 g/mol. The van der Waals surface area contributed by atoms with Crippen LogP contribution in [0.1, 0.15) is 28.4 Å². The van der Waals surface area contributed by atoms with E-state index in [1.807, 2.05) is 29.5 Å². The highest BCUT2D eigenvalue weighted by molar-refractivity contribution is 7.12. The van der Waals surface area contributed by atoms with Crippen molar-refractivity contribution in [2.24, 2.45) is 0 Å². The van der Waals surface area contributed by atoms with Crippen LogP contribution in [0.3, 0.4) is 0 Å². The molecule has 1 aromatic carbocycles. The molecule has 0 bridgehead atoms. The van der Waals surface area contributed by atoms with Crippen LogP contribution in [0.25, 0.3) is 5.00 Å². The molecule has 106 valence electrons. The highest BCUT2D eigenvalue weighted by Crippen LogP contribution is 2.35. The summed E-state index contributed by atoms with van der Waals surface area (Å²) in [7, 11) is 0.